The molecular formula is C16H24N2O2. The third-order valence-electron chi connectivity index (χ3n) is 3.55. The number of rotatable bonds is 5. The molecule has 0 fully saturated rings. The Morgan fingerprint density at radius 1 is 1.45 bits per heavy atom. The minimum Gasteiger partial charge on any atom is -0.385 e. The van der Waals surface area contributed by atoms with Crippen molar-refractivity contribution in [1.82, 2.24) is 4.90 Å². The summed E-state index contributed by atoms with van der Waals surface area (Å²) in [5, 5.41) is 3.36. The Morgan fingerprint density at radius 3 is 3.00 bits per heavy atom. The maximum atomic E-state index is 12.5. The normalized spacial score (nSPS) is 13.8. The van der Waals surface area contributed by atoms with Gasteiger partial charge in [-0.1, -0.05) is 6.07 Å². The number of fused-ring (bicyclic) bond motifs is 1. The van der Waals surface area contributed by atoms with Crippen LogP contribution in [0.5, 0.6) is 0 Å². The molecule has 110 valence electrons. The van der Waals surface area contributed by atoms with E-state index < -0.39 is 0 Å². The molecule has 1 aromatic rings. The van der Waals surface area contributed by atoms with Crippen LogP contribution in [0.1, 0.15) is 36.2 Å². The summed E-state index contributed by atoms with van der Waals surface area (Å²) < 4.78 is 5.50. The Morgan fingerprint density at radius 2 is 2.25 bits per heavy atom. The van der Waals surface area contributed by atoms with Crippen molar-refractivity contribution in [2.45, 2.75) is 32.8 Å². The molecule has 0 bridgehead atoms. The number of carbonyl (C=O) groups is 1. The highest BCUT2D eigenvalue weighted by molar-refractivity contribution is 5.97. The summed E-state index contributed by atoms with van der Waals surface area (Å²) in [5.41, 5.74) is 3.08. The van der Waals surface area contributed by atoms with Crippen LogP contribution in [0.2, 0.25) is 0 Å². The number of nitrogens with one attached hydrogen (secondary N) is 1. The number of likely N-dealkylation sites (N-methyl/N-ethyl adjacent to an activating group) is 1. The zero-order chi connectivity index (χ0) is 14.5. The molecule has 2 rings (SSSR count). The Bertz CT molecular complexity index is 472. The fourth-order valence-corrected chi connectivity index (χ4v) is 2.44. The first kappa shape index (κ1) is 14.9. The van der Waals surface area contributed by atoms with Gasteiger partial charge in [-0.25, -0.2) is 0 Å². The molecule has 0 saturated heterocycles. The van der Waals surface area contributed by atoms with Crippen molar-refractivity contribution in [3.63, 3.8) is 0 Å². The number of anilines is 1. The second-order valence-corrected chi connectivity index (χ2v) is 5.51. The molecule has 4 nitrogen and oxygen atoms in total. The molecule has 1 heterocycles. The van der Waals surface area contributed by atoms with E-state index in [9.17, 15) is 4.79 Å². The first-order valence-corrected chi connectivity index (χ1v) is 7.32. The molecule has 4 heteroatoms. The van der Waals surface area contributed by atoms with Gasteiger partial charge in [0.15, 0.2) is 0 Å². The molecule has 1 N–H and O–H groups in total. The minimum absolute atomic E-state index is 0.0814. The average molecular weight is 276 g/mol. The highest BCUT2D eigenvalue weighted by Crippen LogP contribution is 2.26. The first-order chi connectivity index (χ1) is 9.59. The molecule has 0 spiro atoms. The second-order valence-electron chi connectivity index (χ2n) is 5.51. The Balaban J connectivity index is 2.05. The van der Waals surface area contributed by atoms with Crippen LogP contribution in [0.3, 0.4) is 0 Å². The monoisotopic (exact) mass is 276 g/mol. The molecule has 0 saturated carbocycles. The zero-order valence-electron chi connectivity index (χ0n) is 12.6. The van der Waals surface area contributed by atoms with Crippen molar-refractivity contribution in [2.24, 2.45) is 0 Å². The van der Waals surface area contributed by atoms with Crippen LogP contribution in [0.25, 0.3) is 0 Å². The van der Waals surface area contributed by atoms with E-state index in [1.807, 2.05) is 39.1 Å². The van der Waals surface area contributed by atoms with E-state index in [1.54, 1.807) is 4.90 Å². The minimum atomic E-state index is 0.0814. The lowest BCUT2D eigenvalue weighted by atomic mass is 9.97. The summed E-state index contributed by atoms with van der Waals surface area (Å²) in [7, 11) is 1.83. The fourth-order valence-electron chi connectivity index (χ4n) is 2.44. The molecule has 0 aromatic heterocycles. The van der Waals surface area contributed by atoms with Crippen molar-refractivity contribution in [3.05, 3.63) is 29.3 Å². The van der Waals surface area contributed by atoms with E-state index in [0.29, 0.717) is 13.2 Å². The molecule has 20 heavy (non-hydrogen) atoms. The van der Waals surface area contributed by atoms with Gasteiger partial charge in [0.2, 0.25) is 0 Å². The summed E-state index contributed by atoms with van der Waals surface area (Å²) in [6.45, 7) is 6.19. The standard InChI is InChI=1S/C16H24N2O2/c1-12(2)20-11-10-18(3)16(19)14-6-4-8-15-13(14)7-5-9-17-15/h4,6,8,12,17H,5,7,9-11H2,1-3H3. The third-order valence-corrected chi connectivity index (χ3v) is 3.55. The van der Waals surface area contributed by atoms with Crippen LogP contribution in [-0.2, 0) is 11.2 Å². The van der Waals surface area contributed by atoms with Gasteiger partial charge in [-0.3, -0.25) is 4.79 Å². The number of carbonyl (C=O) groups excluding carboxylic acids is 1. The SMILES string of the molecule is CC(C)OCCN(C)C(=O)c1cccc2c1CCCN2. The Labute approximate surface area is 121 Å². The van der Waals surface area contributed by atoms with Gasteiger partial charge in [-0.15, -0.1) is 0 Å². The van der Waals surface area contributed by atoms with Gasteiger partial charge in [-0.05, 0) is 44.4 Å². The number of nitrogens with zero attached hydrogens (tertiary/aromatic N) is 1. The van der Waals surface area contributed by atoms with Crippen LogP contribution in [0.4, 0.5) is 5.69 Å². The van der Waals surface area contributed by atoms with Gasteiger partial charge in [-0.2, -0.15) is 0 Å². The Hall–Kier alpha value is -1.55. The first-order valence-electron chi connectivity index (χ1n) is 7.32. The molecular weight excluding hydrogens is 252 g/mol. The van der Waals surface area contributed by atoms with E-state index in [-0.39, 0.29) is 12.0 Å². The van der Waals surface area contributed by atoms with Crippen molar-refractivity contribution < 1.29 is 9.53 Å². The molecule has 0 atom stereocenters. The van der Waals surface area contributed by atoms with Crippen LogP contribution in [0.15, 0.2) is 18.2 Å². The van der Waals surface area contributed by atoms with E-state index >= 15 is 0 Å². The lowest BCUT2D eigenvalue weighted by Gasteiger charge is -2.24. The summed E-state index contributed by atoms with van der Waals surface area (Å²) in [6.07, 6.45) is 2.25. The smallest absolute Gasteiger partial charge is 0.254 e. The average Bonchev–Trinajstić information content (AvgIpc) is 2.45. The molecule has 0 unspecified atom stereocenters. The topological polar surface area (TPSA) is 41.6 Å². The fraction of sp³-hybridized carbons (Fsp3) is 0.562. The lowest BCUT2D eigenvalue weighted by Crippen LogP contribution is -2.32. The maximum Gasteiger partial charge on any atom is 0.254 e. The van der Waals surface area contributed by atoms with Crippen LogP contribution in [0, 0.1) is 0 Å². The molecule has 1 aromatic carbocycles. The summed E-state index contributed by atoms with van der Waals surface area (Å²) in [4.78, 5) is 14.3. The predicted molar refractivity (Wildman–Crippen MR) is 81.3 cm³/mol. The molecule has 0 aliphatic carbocycles. The van der Waals surface area contributed by atoms with Crippen molar-refractivity contribution in [3.8, 4) is 0 Å². The van der Waals surface area contributed by atoms with Crippen molar-refractivity contribution in [1.29, 1.82) is 0 Å². The van der Waals surface area contributed by atoms with Crippen molar-refractivity contribution >= 4 is 11.6 Å². The number of hydrogen-bond acceptors (Lipinski definition) is 3. The van der Waals surface area contributed by atoms with E-state index in [2.05, 4.69) is 5.32 Å². The second kappa shape index (κ2) is 6.75. The zero-order valence-corrected chi connectivity index (χ0v) is 12.6. The van der Waals surface area contributed by atoms with Gasteiger partial charge in [0.25, 0.3) is 5.91 Å². The number of ether oxygens (including phenoxy) is 1. The van der Waals surface area contributed by atoms with Crippen LogP contribution in [-0.4, -0.2) is 43.7 Å². The highest BCUT2D eigenvalue weighted by Gasteiger charge is 2.19. The lowest BCUT2D eigenvalue weighted by molar-refractivity contribution is 0.0531. The summed E-state index contributed by atoms with van der Waals surface area (Å²) in [6, 6.07) is 5.92. The Kier molecular flexibility index (Phi) is 5.01. The molecule has 1 aliphatic heterocycles. The number of hydrogen-bond donors (Lipinski definition) is 1. The van der Waals surface area contributed by atoms with Gasteiger partial charge in [0, 0.05) is 31.4 Å². The third kappa shape index (κ3) is 3.51. The largest absolute Gasteiger partial charge is 0.385 e. The number of benzene rings is 1. The quantitative estimate of drug-likeness (QED) is 0.898. The highest BCUT2D eigenvalue weighted by atomic mass is 16.5. The summed E-state index contributed by atoms with van der Waals surface area (Å²) >= 11 is 0. The summed E-state index contributed by atoms with van der Waals surface area (Å²) in [5.74, 6) is 0.0814. The van der Waals surface area contributed by atoms with Crippen LogP contribution >= 0.6 is 0 Å². The number of amides is 1. The van der Waals surface area contributed by atoms with E-state index in [0.717, 1.165) is 36.2 Å². The van der Waals surface area contributed by atoms with E-state index in [4.69, 9.17) is 4.74 Å². The van der Waals surface area contributed by atoms with Crippen molar-refractivity contribution in [2.75, 3.05) is 32.1 Å². The van der Waals surface area contributed by atoms with Crippen LogP contribution < -0.4 is 5.32 Å². The van der Waals surface area contributed by atoms with Gasteiger partial charge in [0.05, 0.1) is 12.7 Å². The van der Waals surface area contributed by atoms with Gasteiger partial charge in [0.1, 0.15) is 0 Å². The maximum absolute atomic E-state index is 12.5. The van der Waals surface area contributed by atoms with Gasteiger partial charge >= 0.3 is 0 Å². The van der Waals surface area contributed by atoms with Gasteiger partial charge < -0.3 is 15.0 Å². The predicted octanol–water partition coefficient (Wildman–Crippen LogP) is 2.54. The molecule has 0 radical (unpaired) electrons. The van der Waals surface area contributed by atoms with E-state index in [1.165, 1.54) is 0 Å². The molecule has 1 aliphatic rings. The molecule has 1 amide bonds.